The molecule has 0 aliphatic carbocycles. The summed E-state index contributed by atoms with van der Waals surface area (Å²) in [5.41, 5.74) is 0.747. The maximum absolute atomic E-state index is 12.3. The Labute approximate surface area is 123 Å². The average Bonchev–Trinajstić information content (AvgIpc) is 2.90. The Kier molecular flexibility index (Phi) is 3.97. The van der Waals surface area contributed by atoms with Gasteiger partial charge in [-0.1, -0.05) is 32.9 Å². The fourth-order valence-corrected chi connectivity index (χ4v) is 1.81. The van der Waals surface area contributed by atoms with Crippen LogP contribution >= 0.6 is 0 Å². The molecule has 2 aromatic rings. The zero-order valence-electron chi connectivity index (χ0n) is 12.7. The zero-order chi connectivity index (χ0) is 15.6. The van der Waals surface area contributed by atoms with E-state index in [9.17, 15) is 9.90 Å². The van der Waals surface area contributed by atoms with E-state index in [4.69, 9.17) is 0 Å². The van der Waals surface area contributed by atoms with E-state index in [0.717, 1.165) is 5.56 Å². The second-order valence-corrected chi connectivity index (χ2v) is 6.09. The number of carbonyl (C=O) groups is 1. The monoisotopic (exact) mass is 288 g/mol. The summed E-state index contributed by atoms with van der Waals surface area (Å²) in [7, 11) is 1.70. The minimum atomic E-state index is -0.241. The van der Waals surface area contributed by atoms with Crippen molar-refractivity contribution in [3.05, 3.63) is 41.5 Å². The largest absolute Gasteiger partial charge is 0.508 e. The van der Waals surface area contributed by atoms with Gasteiger partial charge in [0, 0.05) is 19.0 Å². The molecule has 0 radical (unpaired) electrons. The van der Waals surface area contributed by atoms with Gasteiger partial charge in [-0.25, -0.2) is 4.98 Å². The Morgan fingerprint density at radius 3 is 2.43 bits per heavy atom. The number of aromatic hydroxyl groups is 1. The van der Waals surface area contributed by atoms with E-state index < -0.39 is 0 Å². The first kappa shape index (κ1) is 15.0. The van der Waals surface area contributed by atoms with Crippen LogP contribution in [0, 0.1) is 0 Å². The van der Waals surface area contributed by atoms with Crippen LogP contribution in [0.5, 0.6) is 5.75 Å². The highest BCUT2D eigenvalue weighted by atomic mass is 16.3. The van der Waals surface area contributed by atoms with Gasteiger partial charge in [0.2, 0.25) is 5.82 Å². The van der Waals surface area contributed by atoms with Crippen molar-refractivity contribution in [1.29, 1.82) is 0 Å². The van der Waals surface area contributed by atoms with E-state index in [1.165, 1.54) is 0 Å². The summed E-state index contributed by atoms with van der Waals surface area (Å²) in [4.78, 5) is 18.1. The molecular formula is C15H20N4O2. The van der Waals surface area contributed by atoms with Gasteiger partial charge in [0.15, 0.2) is 0 Å². The molecule has 0 saturated carbocycles. The number of rotatable bonds is 3. The first-order valence-electron chi connectivity index (χ1n) is 6.73. The second kappa shape index (κ2) is 5.55. The maximum atomic E-state index is 12.3. The van der Waals surface area contributed by atoms with Gasteiger partial charge in [-0.2, -0.15) is 0 Å². The maximum Gasteiger partial charge on any atom is 0.293 e. The number of H-pyrrole nitrogens is 1. The molecule has 1 heterocycles. The summed E-state index contributed by atoms with van der Waals surface area (Å²) < 4.78 is 0. The minimum Gasteiger partial charge on any atom is -0.508 e. The molecule has 0 atom stereocenters. The number of hydrogen-bond acceptors (Lipinski definition) is 4. The van der Waals surface area contributed by atoms with E-state index >= 15 is 0 Å². The SMILES string of the molecule is CN(Cc1ccc(O)cc1)C(=O)c1n[nH]c(C(C)(C)C)n1. The Morgan fingerprint density at radius 2 is 1.90 bits per heavy atom. The predicted octanol–water partition coefficient (Wildman–Crippen LogP) is 2.08. The van der Waals surface area contributed by atoms with E-state index in [-0.39, 0.29) is 22.9 Å². The van der Waals surface area contributed by atoms with Gasteiger partial charge in [-0.05, 0) is 17.7 Å². The molecule has 1 aromatic heterocycles. The van der Waals surface area contributed by atoms with Gasteiger partial charge in [0.05, 0.1) is 0 Å². The number of carbonyl (C=O) groups excluding carboxylic acids is 1. The van der Waals surface area contributed by atoms with Crippen molar-refractivity contribution in [2.24, 2.45) is 0 Å². The van der Waals surface area contributed by atoms with Crippen LogP contribution in [0.25, 0.3) is 0 Å². The van der Waals surface area contributed by atoms with Crippen LogP contribution in [0.2, 0.25) is 0 Å². The van der Waals surface area contributed by atoms with Gasteiger partial charge < -0.3 is 10.0 Å². The molecule has 21 heavy (non-hydrogen) atoms. The third-order valence-electron chi connectivity index (χ3n) is 3.09. The third kappa shape index (κ3) is 3.59. The van der Waals surface area contributed by atoms with Crippen LogP contribution in [0.1, 0.15) is 42.8 Å². The molecule has 6 nitrogen and oxygen atoms in total. The van der Waals surface area contributed by atoms with Crippen molar-refractivity contribution >= 4 is 5.91 Å². The number of aromatic nitrogens is 3. The van der Waals surface area contributed by atoms with Gasteiger partial charge in [0.1, 0.15) is 11.6 Å². The summed E-state index contributed by atoms with van der Waals surface area (Å²) in [6.45, 7) is 6.43. The number of benzene rings is 1. The standard InChI is InChI=1S/C15H20N4O2/c1-15(2,3)14-16-12(17-18-14)13(21)19(4)9-10-5-7-11(20)8-6-10/h5-8,20H,9H2,1-4H3,(H,16,17,18). The Bertz CT molecular complexity index is 626. The zero-order valence-corrected chi connectivity index (χ0v) is 12.7. The molecule has 6 heteroatoms. The topological polar surface area (TPSA) is 82.1 Å². The molecule has 0 aliphatic heterocycles. The molecule has 0 spiro atoms. The van der Waals surface area contributed by atoms with Crippen LogP contribution in [0.4, 0.5) is 0 Å². The molecule has 0 saturated heterocycles. The molecule has 0 unspecified atom stereocenters. The van der Waals surface area contributed by atoms with E-state index in [1.54, 1.807) is 36.2 Å². The van der Waals surface area contributed by atoms with Crippen molar-refractivity contribution in [3.63, 3.8) is 0 Å². The molecule has 112 valence electrons. The van der Waals surface area contributed by atoms with E-state index in [2.05, 4.69) is 15.2 Å². The summed E-state index contributed by atoms with van der Waals surface area (Å²) >= 11 is 0. The highest BCUT2D eigenvalue weighted by molar-refractivity contribution is 5.90. The molecule has 0 aliphatic rings. The van der Waals surface area contributed by atoms with Crippen molar-refractivity contribution in [1.82, 2.24) is 20.1 Å². The van der Waals surface area contributed by atoms with Crippen LogP contribution in [0.15, 0.2) is 24.3 Å². The first-order valence-corrected chi connectivity index (χ1v) is 6.73. The fourth-order valence-electron chi connectivity index (χ4n) is 1.81. The fraction of sp³-hybridized carbons (Fsp3) is 0.400. The third-order valence-corrected chi connectivity index (χ3v) is 3.09. The van der Waals surface area contributed by atoms with Crippen molar-refractivity contribution in [3.8, 4) is 5.75 Å². The van der Waals surface area contributed by atoms with Crippen molar-refractivity contribution in [2.75, 3.05) is 7.05 Å². The highest BCUT2D eigenvalue weighted by Gasteiger charge is 2.23. The minimum absolute atomic E-state index is 0.168. The lowest BCUT2D eigenvalue weighted by atomic mass is 9.96. The predicted molar refractivity (Wildman–Crippen MR) is 79.0 cm³/mol. The Balaban J connectivity index is 2.08. The number of nitrogens with zero attached hydrogens (tertiary/aromatic N) is 3. The number of amides is 1. The number of phenolic OH excluding ortho intramolecular Hbond substituents is 1. The molecule has 1 aromatic carbocycles. The summed E-state index contributed by atoms with van der Waals surface area (Å²) in [6.07, 6.45) is 0. The number of nitrogens with one attached hydrogen (secondary N) is 1. The van der Waals surface area contributed by atoms with Gasteiger partial charge >= 0.3 is 0 Å². The molecule has 2 N–H and O–H groups in total. The smallest absolute Gasteiger partial charge is 0.293 e. The first-order chi connectivity index (χ1) is 9.77. The molecule has 0 fully saturated rings. The number of hydrogen-bond donors (Lipinski definition) is 2. The van der Waals surface area contributed by atoms with E-state index in [1.807, 2.05) is 20.8 Å². The Hall–Kier alpha value is -2.37. The summed E-state index contributed by atoms with van der Waals surface area (Å²) in [5, 5.41) is 16.1. The summed E-state index contributed by atoms with van der Waals surface area (Å²) in [5.74, 6) is 0.816. The van der Waals surface area contributed by atoms with E-state index in [0.29, 0.717) is 12.4 Å². The number of phenols is 1. The van der Waals surface area contributed by atoms with Crippen LogP contribution in [-0.2, 0) is 12.0 Å². The normalized spacial score (nSPS) is 11.4. The highest BCUT2D eigenvalue weighted by Crippen LogP contribution is 2.18. The van der Waals surface area contributed by atoms with Crippen LogP contribution in [-0.4, -0.2) is 38.1 Å². The van der Waals surface area contributed by atoms with Gasteiger partial charge in [-0.15, -0.1) is 5.10 Å². The number of aromatic amines is 1. The van der Waals surface area contributed by atoms with Crippen LogP contribution in [0.3, 0.4) is 0 Å². The lowest BCUT2D eigenvalue weighted by molar-refractivity contribution is 0.0773. The summed E-state index contributed by atoms with van der Waals surface area (Å²) in [6, 6.07) is 6.74. The average molecular weight is 288 g/mol. The lowest BCUT2D eigenvalue weighted by Gasteiger charge is -2.15. The van der Waals surface area contributed by atoms with Crippen molar-refractivity contribution in [2.45, 2.75) is 32.7 Å². The molecule has 0 bridgehead atoms. The second-order valence-electron chi connectivity index (χ2n) is 6.09. The van der Waals surface area contributed by atoms with Crippen LogP contribution < -0.4 is 0 Å². The van der Waals surface area contributed by atoms with Gasteiger partial charge in [-0.3, -0.25) is 9.89 Å². The van der Waals surface area contributed by atoms with Gasteiger partial charge in [0.25, 0.3) is 5.91 Å². The van der Waals surface area contributed by atoms with Crippen molar-refractivity contribution < 1.29 is 9.90 Å². The molecule has 2 rings (SSSR count). The quantitative estimate of drug-likeness (QED) is 0.906. The molecular weight excluding hydrogens is 268 g/mol. The lowest BCUT2D eigenvalue weighted by Crippen LogP contribution is -2.27. The molecule has 1 amide bonds. The Morgan fingerprint density at radius 1 is 1.29 bits per heavy atom.